The summed E-state index contributed by atoms with van der Waals surface area (Å²) >= 11 is 0. The molecule has 1 saturated carbocycles. The number of benzene rings is 2. The Kier molecular flexibility index (Phi) is 7.08. The van der Waals surface area contributed by atoms with Gasteiger partial charge in [-0.25, -0.2) is 0 Å². The maximum absolute atomic E-state index is 10.6. The molecule has 2 aromatic rings. The molecular weight excluding hydrogens is 518 g/mol. The molecule has 40 heavy (non-hydrogen) atoms. The molecule has 1 aliphatic carbocycles. The number of fused-ring (bicyclic) bond motifs is 1. The molecule has 1 saturated heterocycles. The van der Waals surface area contributed by atoms with E-state index >= 15 is 0 Å². The van der Waals surface area contributed by atoms with E-state index in [1.165, 1.54) is 14.2 Å². The van der Waals surface area contributed by atoms with E-state index in [0.29, 0.717) is 17.2 Å². The third-order valence-corrected chi connectivity index (χ3v) is 8.87. The SMILES string of the molecule is COc1cc(-c2c([C@@H]3O[C@H](OC4CCC5(CC4)CN=CO5)[C@@H](C)[C@H]3C)cc3c(c2OC)OCO3)cc(OC)c1O. The van der Waals surface area contributed by atoms with Crippen LogP contribution in [0, 0.1) is 11.8 Å². The third kappa shape index (κ3) is 4.47. The average Bonchev–Trinajstić information content (AvgIpc) is 3.70. The van der Waals surface area contributed by atoms with Crippen molar-refractivity contribution in [3.8, 4) is 45.6 Å². The highest BCUT2D eigenvalue weighted by molar-refractivity contribution is 5.83. The summed E-state index contributed by atoms with van der Waals surface area (Å²) in [5, 5.41) is 10.6. The van der Waals surface area contributed by atoms with Crippen molar-refractivity contribution in [3.63, 3.8) is 0 Å². The van der Waals surface area contributed by atoms with E-state index in [9.17, 15) is 5.11 Å². The predicted octanol–water partition coefficient (Wildman–Crippen LogP) is 5.24. The molecule has 1 spiro atoms. The van der Waals surface area contributed by atoms with Crippen LogP contribution in [-0.4, -0.2) is 64.2 Å². The lowest BCUT2D eigenvalue weighted by atomic mass is 9.83. The lowest BCUT2D eigenvalue weighted by molar-refractivity contribution is -0.188. The normalized spacial score (nSPS) is 30.5. The van der Waals surface area contributed by atoms with Crippen molar-refractivity contribution in [2.45, 2.75) is 63.6 Å². The molecule has 0 unspecified atom stereocenters. The summed E-state index contributed by atoms with van der Waals surface area (Å²) in [7, 11) is 4.60. The minimum Gasteiger partial charge on any atom is -0.502 e. The molecule has 3 aliphatic heterocycles. The van der Waals surface area contributed by atoms with Gasteiger partial charge in [0.1, 0.15) is 5.60 Å². The molecule has 0 amide bonds. The zero-order valence-electron chi connectivity index (χ0n) is 23.6. The monoisotopic (exact) mass is 555 g/mol. The van der Waals surface area contributed by atoms with Crippen molar-refractivity contribution in [2.24, 2.45) is 16.8 Å². The van der Waals surface area contributed by atoms with Crippen molar-refractivity contribution in [1.82, 2.24) is 0 Å². The van der Waals surface area contributed by atoms with E-state index in [-0.39, 0.29) is 60.0 Å². The van der Waals surface area contributed by atoms with Crippen molar-refractivity contribution < 1.29 is 43.0 Å². The minimum atomic E-state index is -0.368. The van der Waals surface area contributed by atoms with Crippen molar-refractivity contribution in [1.29, 1.82) is 0 Å². The number of ether oxygens (including phenoxy) is 8. The molecule has 0 radical (unpaired) electrons. The first-order valence-electron chi connectivity index (χ1n) is 13.8. The number of aliphatic imine (C=N–C) groups is 1. The van der Waals surface area contributed by atoms with Gasteiger partial charge in [0.25, 0.3) is 0 Å². The van der Waals surface area contributed by atoms with Crippen LogP contribution in [0.5, 0.6) is 34.5 Å². The second-order valence-electron chi connectivity index (χ2n) is 11.1. The number of nitrogens with zero attached hydrogens (tertiary/aromatic N) is 1. The summed E-state index contributed by atoms with van der Waals surface area (Å²) in [6.07, 6.45) is 4.67. The molecule has 2 fully saturated rings. The lowest BCUT2D eigenvalue weighted by Gasteiger charge is -2.36. The van der Waals surface area contributed by atoms with E-state index in [1.807, 2.05) is 6.07 Å². The Labute approximate surface area is 234 Å². The standard InChI is InChI=1S/C30H37NO9/c1-16-17(2)29(39-19-6-8-30(9-7-19)13-31-14-38-30)40-26(16)20-12-23-27(37-15-36-23)28(35-5)24(20)18-10-21(33-3)25(32)22(11-18)34-4/h10-12,14,16-17,19,26,29,32H,6-9,13,15H2,1-5H3/t16-,17+,19?,26-,29+,30?/m1/s1. The Balaban J connectivity index is 1.34. The van der Waals surface area contributed by atoms with Crippen LogP contribution in [0.1, 0.15) is 51.2 Å². The Morgan fingerprint density at radius 1 is 0.950 bits per heavy atom. The van der Waals surface area contributed by atoms with Crippen LogP contribution in [0.25, 0.3) is 11.1 Å². The van der Waals surface area contributed by atoms with Gasteiger partial charge in [-0.05, 0) is 60.9 Å². The molecule has 4 aliphatic rings. The summed E-state index contributed by atoms with van der Waals surface area (Å²) in [4.78, 5) is 4.28. The molecule has 216 valence electrons. The highest BCUT2D eigenvalue weighted by Gasteiger charge is 2.46. The van der Waals surface area contributed by atoms with Crippen LogP contribution in [0.4, 0.5) is 0 Å². The molecule has 3 heterocycles. The van der Waals surface area contributed by atoms with Crippen LogP contribution < -0.4 is 23.7 Å². The lowest BCUT2D eigenvalue weighted by Crippen LogP contribution is -2.40. The van der Waals surface area contributed by atoms with E-state index in [0.717, 1.165) is 48.9 Å². The van der Waals surface area contributed by atoms with E-state index in [4.69, 9.17) is 37.9 Å². The third-order valence-electron chi connectivity index (χ3n) is 8.87. The molecule has 1 N–H and O–H groups in total. The van der Waals surface area contributed by atoms with Crippen molar-refractivity contribution in [3.05, 3.63) is 23.8 Å². The first-order valence-corrected chi connectivity index (χ1v) is 13.8. The fourth-order valence-electron chi connectivity index (χ4n) is 6.32. The number of rotatable bonds is 7. The molecule has 2 aromatic carbocycles. The van der Waals surface area contributed by atoms with Gasteiger partial charge in [0.2, 0.25) is 18.3 Å². The maximum atomic E-state index is 10.6. The quantitative estimate of drug-likeness (QED) is 0.491. The average molecular weight is 556 g/mol. The highest BCUT2D eigenvalue weighted by Crippen LogP contribution is 2.56. The smallest absolute Gasteiger partial charge is 0.231 e. The van der Waals surface area contributed by atoms with E-state index < -0.39 is 0 Å². The zero-order valence-corrected chi connectivity index (χ0v) is 23.6. The van der Waals surface area contributed by atoms with Crippen LogP contribution in [-0.2, 0) is 14.2 Å². The van der Waals surface area contributed by atoms with Gasteiger partial charge in [-0.2, -0.15) is 0 Å². The minimum absolute atomic E-state index is 0.0774. The zero-order chi connectivity index (χ0) is 28.0. The van der Waals surface area contributed by atoms with Crippen LogP contribution in [0.15, 0.2) is 23.2 Å². The number of hydrogen-bond acceptors (Lipinski definition) is 10. The van der Waals surface area contributed by atoms with Gasteiger partial charge in [0, 0.05) is 11.5 Å². The maximum Gasteiger partial charge on any atom is 0.231 e. The summed E-state index contributed by atoms with van der Waals surface area (Å²) < 4.78 is 47.6. The predicted molar refractivity (Wildman–Crippen MR) is 146 cm³/mol. The number of methoxy groups -OCH3 is 3. The summed E-state index contributed by atoms with van der Waals surface area (Å²) in [6.45, 7) is 5.18. The molecule has 10 nitrogen and oxygen atoms in total. The largest absolute Gasteiger partial charge is 0.502 e. The van der Waals surface area contributed by atoms with Gasteiger partial charge >= 0.3 is 0 Å². The first kappa shape index (κ1) is 26.8. The van der Waals surface area contributed by atoms with Gasteiger partial charge in [-0.1, -0.05) is 13.8 Å². The van der Waals surface area contributed by atoms with E-state index in [1.54, 1.807) is 25.6 Å². The van der Waals surface area contributed by atoms with E-state index in [2.05, 4.69) is 18.8 Å². The van der Waals surface area contributed by atoms with Gasteiger partial charge < -0.3 is 43.0 Å². The Morgan fingerprint density at radius 2 is 1.68 bits per heavy atom. The van der Waals surface area contributed by atoms with Gasteiger partial charge in [-0.15, -0.1) is 0 Å². The highest BCUT2D eigenvalue weighted by atomic mass is 16.7. The molecular formula is C30H37NO9. The number of phenolic OH excluding ortho intramolecular Hbond substituents is 1. The van der Waals surface area contributed by atoms with Crippen molar-refractivity contribution >= 4 is 6.40 Å². The second-order valence-corrected chi connectivity index (χ2v) is 11.1. The summed E-state index contributed by atoms with van der Waals surface area (Å²) in [6, 6.07) is 5.47. The van der Waals surface area contributed by atoms with Crippen LogP contribution in [0.2, 0.25) is 0 Å². The molecule has 10 heteroatoms. The van der Waals surface area contributed by atoms with Gasteiger partial charge in [-0.3, -0.25) is 4.99 Å². The Bertz CT molecular complexity index is 1250. The van der Waals surface area contributed by atoms with Crippen LogP contribution >= 0.6 is 0 Å². The second kappa shape index (κ2) is 10.6. The Hall–Kier alpha value is -3.37. The molecule has 4 atom stereocenters. The molecule has 0 bridgehead atoms. The first-order chi connectivity index (χ1) is 19.4. The number of aromatic hydroxyl groups is 1. The topological polar surface area (TPSA) is 106 Å². The van der Waals surface area contributed by atoms with Gasteiger partial charge in [0.05, 0.1) is 40.1 Å². The molecule has 6 rings (SSSR count). The fourth-order valence-corrected chi connectivity index (χ4v) is 6.32. The van der Waals surface area contributed by atoms with Gasteiger partial charge in [0.15, 0.2) is 35.7 Å². The Morgan fingerprint density at radius 3 is 2.30 bits per heavy atom. The number of hydrogen-bond donors (Lipinski definition) is 1. The van der Waals surface area contributed by atoms with Crippen molar-refractivity contribution in [2.75, 3.05) is 34.7 Å². The number of phenols is 1. The van der Waals surface area contributed by atoms with Crippen LogP contribution in [0.3, 0.4) is 0 Å². The fraction of sp³-hybridized carbons (Fsp3) is 0.567. The summed E-state index contributed by atoms with van der Waals surface area (Å²) in [5.74, 6) is 2.38. The summed E-state index contributed by atoms with van der Waals surface area (Å²) in [5.41, 5.74) is 2.20. The molecule has 0 aromatic heterocycles.